The van der Waals surface area contributed by atoms with E-state index in [1.807, 2.05) is 0 Å². The number of hydrogen-bond donors (Lipinski definition) is 1. The summed E-state index contributed by atoms with van der Waals surface area (Å²) in [5, 5.41) is 9.67. The standard InChI is InChI=1S/C20H34O2/c1-13-5-7-14(8-6-13)9-10-16-11-15-3-2-4-17(12-21)18(15)20-19(16)22-20/h13-21H,2-12H2,1H3. The summed E-state index contributed by atoms with van der Waals surface area (Å²) in [4.78, 5) is 0. The van der Waals surface area contributed by atoms with Crippen molar-refractivity contribution in [3.05, 3.63) is 0 Å². The van der Waals surface area contributed by atoms with Crippen molar-refractivity contribution in [2.45, 2.75) is 83.3 Å². The van der Waals surface area contributed by atoms with Gasteiger partial charge >= 0.3 is 0 Å². The van der Waals surface area contributed by atoms with E-state index in [0.717, 1.165) is 23.7 Å². The van der Waals surface area contributed by atoms with Crippen LogP contribution in [0.5, 0.6) is 0 Å². The fraction of sp³-hybridized carbons (Fsp3) is 1.00. The van der Waals surface area contributed by atoms with Gasteiger partial charge in [0.25, 0.3) is 0 Å². The molecule has 4 fully saturated rings. The first kappa shape index (κ1) is 15.4. The molecule has 4 rings (SSSR count). The fourth-order valence-corrected chi connectivity index (χ4v) is 6.13. The van der Waals surface area contributed by atoms with Crippen LogP contribution in [0.2, 0.25) is 0 Å². The van der Waals surface area contributed by atoms with E-state index in [1.165, 1.54) is 64.2 Å². The molecule has 0 amide bonds. The van der Waals surface area contributed by atoms with Crippen LogP contribution in [0, 0.1) is 35.5 Å². The number of fused-ring (bicyclic) bond motifs is 3. The van der Waals surface area contributed by atoms with Gasteiger partial charge in [-0.1, -0.05) is 51.9 Å². The Labute approximate surface area is 136 Å². The Kier molecular flexibility index (Phi) is 4.52. The molecule has 126 valence electrons. The van der Waals surface area contributed by atoms with E-state index in [-0.39, 0.29) is 0 Å². The molecule has 0 aromatic rings. The quantitative estimate of drug-likeness (QED) is 0.781. The van der Waals surface area contributed by atoms with Gasteiger partial charge in [-0.05, 0) is 54.8 Å². The number of epoxide rings is 1. The van der Waals surface area contributed by atoms with Crippen molar-refractivity contribution in [1.82, 2.24) is 0 Å². The molecule has 0 aromatic heterocycles. The first-order chi connectivity index (χ1) is 10.8. The molecule has 2 heteroatoms. The lowest BCUT2D eigenvalue weighted by atomic mass is 9.62. The van der Waals surface area contributed by atoms with E-state index in [1.54, 1.807) is 0 Å². The van der Waals surface area contributed by atoms with Gasteiger partial charge in [0.15, 0.2) is 0 Å². The van der Waals surface area contributed by atoms with Crippen LogP contribution in [0.4, 0.5) is 0 Å². The summed E-state index contributed by atoms with van der Waals surface area (Å²) in [6.45, 7) is 2.81. The van der Waals surface area contributed by atoms with Gasteiger partial charge in [0.1, 0.15) is 0 Å². The van der Waals surface area contributed by atoms with Crippen LogP contribution in [0.15, 0.2) is 0 Å². The Bertz CT molecular complexity index is 374. The van der Waals surface area contributed by atoms with Gasteiger partial charge in [-0.15, -0.1) is 0 Å². The summed E-state index contributed by atoms with van der Waals surface area (Å²) in [5.41, 5.74) is 0. The van der Waals surface area contributed by atoms with Crippen molar-refractivity contribution in [3.8, 4) is 0 Å². The van der Waals surface area contributed by atoms with Crippen LogP contribution >= 0.6 is 0 Å². The zero-order chi connectivity index (χ0) is 15.1. The third-order valence-electron chi connectivity index (χ3n) is 7.57. The minimum absolute atomic E-state index is 0.388. The maximum atomic E-state index is 9.67. The highest BCUT2D eigenvalue weighted by Crippen LogP contribution is 2.55. The second-order valence-corrected chi connectivity index (χ2v) is 8.98. The third-order valence-corrected chi connectivity index (χ3v) is 7.57. The van der Waals surface area contributed by atoms with Crippen LogP contribution < -0.4 is 0 Å². The average molecular weight is 306 g/mol. The van der Waals surface area contributed by atoms with E-state index < -0.39 is 0 Å². The summed E-state index contributed by atoms with van der Waals surface area (Å²) in [7, 11) is 0. The number of aliphatic hydroxyl groups excluding tert-OH is 1. The van der Waals surface area contributed by atoms with Crippen molar-refractivity contribution in [3.63, 3.8) is 0 Å². The molecule has 1 N–H and O–H groups in total. The Hall–Kier alpha value is -0.0800. The second kappa shape index (κ2) is 6.43. The SMILES string of the molecule is CC1CCC(CCC2CC3CCCC(CO)C3C3OC23)CC1. The molecule has 1 heterocycles. The van der Waals surface area contributed by atoms with E-state index in [9.17, 15) is 5.11 Å². The normalized spacial score (nSPS) is 51.0. The highest BCUT2D eigenvalue weighted by Gasteiger charge is 2.58. The van der Waals surface area contributed by atoms with Crippen LogP contribution in [-0.4, -0.2) is 23.9 Å². The molecule has 3 saturated carbocycles. The highest BCUT2D eigenvalue weighted by molar-refractivity contribution is 5.05. The number of aliphatic hydroxyl groups is 1. The molecule has 3 aliphatic carbocycles. The monoisotopic (exact) mass is 306 g/mol. The first-order valence-electron chi connectivity index (χ1n) is 10.0. The second-order valence-electron chi connectivity index (χ2n) is 8.98. The molecule has 4 aliphatic rings. The summed E-state index contributed by atoms with van der Waals surface area (Å²) in [5.74, 6) is 4.89. The smallest absolute Gasteiger partial charge is 0.0879 e. The minimum Gasteiger partial charge on any atom is -0.396 e. The Balaban J connectivity index is 1.30. The highest BCUT2D eigenvalue weighted by atomic mass is 16.6. The van der Waals surface area contributed by atoms with Crippen LogP contribution in [0.3, 0.4) is 0 Å². The Morgan fingerprint density at radius 3 is 2.50 bits per heavy atom. The molecule has 2 nitrogen and oxygen atoms in total. The van der Waals surface area contributed by atoms with Gasteiger partial charge < -0.3 is 9.84 Å². The molecular weight excluding hydrogens is 272 g/mol. The summed E-state index contributed by atoms with van der Waals surface area (Å²) in [6.07, 6.45) is 15.2. The van der Waals surface area contributed by atoms with Crippen molar-refractivity contribution < 1.29 is 9.84 Å². The minimum atomic E-state index is 0.388. The summed E-state index contributed by atoms with van der Waals surface area (Å²) in [6, 6.07) is 0. The fourth-order valence-electron chi connectivity index (χ4n) is 6.13. The van der Waals surface area contributed by atoms with Gasteiger partial charge in [-0.25, -0.2) is 0 Å². The molecule has 0 bridgehead atoms. The lowest BCUT2D eigenvalue weighted by molar-refractivity contribution is 0.0503. The molecule has 0 aromatic carbocycles. The zero-order valence-electron chi connectivity index (χ0n) is 14.3. The zero-order valence-corrected chi connectivity index (χ0v) is 14.3. The predicted octanol–water partition coefficient (Wildman–Crippen LogP) is 4.41. The number of ether oxygens (including phenoxy) is 1. The lowest BCUT2D eigenvalue weighted by Crippen LogP contribution is -2.40. The van der Waals surface area contributed by atoms with E-state index in [4.69, 9.17) is 4.74 Å². The molecule has 0 radical (unpaired) electrons. The van der Waals surface area contributed by atoms with Crippen molar-refractivity contribution >= 4 is 0 Å². The maximum absolute atomic E-state index is 9.67. The van der Waals surface area contributed by atoms with Crippen molar-refractivity contribution in [1.29, 1.82) is 0 Å². The van der Waals surface area contributed by atoms with Crippen molar-refractivity contribution in [2.75, 3.05) is 6.61 Å². The van der Waals surface area contributed by atoms with Gasteiger partial charge in [-0.2, -0.15) is 0 Å². The summed E-state index contributed by atoms with van der Waals surface area (Å²) >= 11 is 0. The predicted molar refractivity (Wildman–Crippen MR) is 88.5 cm³/mol. The lowest BCUT2D eigenvalue weighted by Gasteiger charge is -2.41. The largest absolute Gasteiger partial charge is 0.396 e. The molecule has 6 atom stereocenters. The molecule has 22 heavy (non-hydrogen) atoms. The van der Waals surface area contributed by atoms with E-state index >= 15 is 0 Å². The molecule has 6 unspecified atom stereocenters. The van der Waals surface area contributed by atoms with E-state index in [0.29, 0.717) is 30.7 Å². The van der Waals surface area contributed by atoms with Gasteiger partial charge in [0, 0.05) is 6.61 Å². The molecular formula is C20H34O2. The average Bonchev–Trinajstić information content (AvgIpc) is 3.34. The maximum Gasteiger partial charge on any atom is 0.0879 e. The van der Waals surface area contributed by atoms with Crippen LogP contribution in [-0.2, 0) is 4.74 Å². The van der Waals surface area contributed by atoms with Crippen LogP contribution in [0.1, 0.15) is 71.1 Å². The summed E-state index contributed by atoms with van der Waals surface area (Å²) < 4.78 is 6.14. The van der Waals surface area contributed by atoms with Crippen molar-refractivity contribution in [2.24, 2.45) is 35.5 Å². The van der Waals surface area contributed by atoms with Crippen LogP contribution in [0.25, 0.3) is 0 Å². The Morgan fingerprint density at radius 1 is 0.909 bits per heavy atom. The molecule has 1 aliphatic heterocycles. The van der Waals surface area contributed by atoms with Gasteiger partial charge in [-0.3, -0.25) is 0 Å². The topological polar surface area (TPSA) is 32.8 Å². The number of hydrogen-bond acceptors (Lipinski definition) is 2. The third kappa shape index (κ3) is 2.98. The Morgan fingerprint density at radius 2 is 1.73 bits per heavy atom. The van der Waals surface area contributed by atoms with Gasteiger partial charge in [0.05, 0.1) is 12.2 Å². The molecule has 0 spiro atoms. The van der Waals surface area contributed by atoms with Gasteiger partial charge in [0.2, 0.25) is 0 Å². The van der Waals surface area contributed by atoms with E-state index in [2.05, 4.69) is 6.92 Å². The number of rotatable bonds is 4. The first-order valence-corrected chi connectivity index (χ1v) is 10.0. The molecule has 1 saturated heterocycles.